The van der Waals surface area contributed by atoms with Gasteiger partial charge in [-0.3, -0.25) is 9.78 Å². The van der Waals surface area contributed by atoms with E-state index in [0.29, 0.717) is 24.6 Å². The van der Waals surface area contributed by atoms with Crippen molar-refractivity contribution >= 4 is 11.9 Å². The van der Waals surface area contributed by atoms with Crippen LogP contribution in [0.2, 0.25) is 0 Å². The Morgan fingerprint density at radius 1 is 1.04 bits per heavy atom. The highest BCUT2D eigenvalue weighted by molar-refractivity contribution is 5.93. The van der Waals surface area contributed by atoms with Crippen LogP contribution < -0.4 is 15.4 Å². The summed E-state index contributed by atoms with van der Waals surface area (Å²) in [5.41, 5.74) is 2.32. The molecule has 0 unspecified atom stereocenters. The van der Waals surface area contributed by atoms with Crippen molar-refractivity contribution in [3.8, 4) is 5.75 Å². The van der Waals surface area contributed by atoms with E-state index in [1.54, 1.807) is 19.5 Å². The Morgan fingerprint density at radius 3 is 2.58 bits per heavy atom. The van der Waals surface area contributed by atoms with Crippen LogP contribution >= 0.6 is 0 Å². The van der Waals surface area contributed by atoms with Crippen LogP contribution in [-0.4, -0.2) is 28.0 Å². The molecule has 0 saturated carbocycles. The molecule has 26 heavy (non-hydrogen) atoms. The van der Waals surface area contributed by atoms with E-state index in [1.165, 1.54) is 12.4 Å². The smallest absolute Gasteiger partial charge is 0.254 e. The lowest BCUT2D eigenvalue weighted by Crippen LogP contribution is -2.23. The summed E-state index contributed by atoms with van der Waals surface area (Å²) in [5.74, 6) is 1.01. The summed E-state index contributed by atoms with van der Waals surface area (Å²) in [7, 11) is 1.63. The lowest BCUT2D eigenvalue weighted by Gasteiger charge is -2.09. The molecule has 0 fully saturated rings. The minimum atomic E-state index is -0.231. The van der Waals surface area contributed by atoms with Gasteiger partial charge < -0.3 is 15.4 Å². The summed E-state index contributed by atoms with van der Waals surface area (Å²) >= 11 is 0. The zero-order chi connectivity index (χ0) is 18.2. The molecule has 132 valence electrons. The van der Waals surface area contributed by atoms with Crippen LogP contribution in [0.15, 0.2) is 61.2 Å². The van der Waals surface area contributed by atoms with Crippen LogP contribution in [0.4, 0.5) is 5.95 Å². The summed E-state index contributed by atoms with van der Waals surface area (Å²) in [6.07, 6.45) is 6.39. The van der Waals surface area contributed by atoms with E-state index in [0.717, 1.165) is 16.9 Å². The molecule has 2 heterocycles. The summed E-state index contributed by atoms with van der Waals surface area (Å²) in [5, 5.41) is 5.93. The fraction of sp³-hybridized carbons (Fsp3) is 0.158. The van der Waals surface area contributed by atoms with Crippen molar-refractivity contribution in [1.82, 2.24) is 20.3 Å². The minimum absolute atomic E-state index is 0.231. The number of carbonyl (C=O) groups excluding carboxylic acids is 1. The summed E-state index contributed by atoms with van der Waals surface area (Å²) in [4.78, 5) is 24.5. The van der Waals surface area contributed by atoms with E-state index in [1.807, 2.05) is 36.4 Å². The Morgan fingerprint density at radius 2 is 1.85 bits per heavy atom. The molecular formula is C19H19N5O2. The number of pyridine rings is 1. The number of para-hydroxylation sites is 1. The van der Waals surface area contributed by atoms with E-state index < -0.39 is 0 Å². The Bertz CT molecular complexity index is 853. The number of methoxy groups -OCH3 is 1. The van der Waals surface area contributed by atoms with Crippen molar-refractivity contribution in [2.45, 2.75) is 13.1 Å². The maximum Gasteiger partial charge on any atom is 0.254 e. The van der Waals surface area contributed by atoms with Crippen molar-refractivity contribution < 1.29 is 9.53 Å². The molecule has 3 aromatic rings. The molecule has 2 N–H and O–H groups in total. The van der Waals surface area contributed by atoms with Crippen LogP contribution in [0.1, 0.15) is 21.5 Å². The molecule has 0 spiro atoms. The lowest BCUT2D eigenvalue weighted by molar-refractivity contribution is 0.0950. The predicted molar refractivity (Wildman–Crippen MR) is 97.8 cm³/mol. The standard InChI is InChI=1S/C19H19N5O2/c1-26-17-7-3-2-6-15(17)11-22-19-23-12-16(13-24-19)18(25)21-10-14-5-4-8-20-9-14/h2-9,12-13H,10-11H2,1H3,(H,21,25)(H,22,23,24). The van der Waals surface area contributed by atoms with Gasteiger partial charge in [-0.25, -0.2) is 9.97 Å². The van der Waals surface area contributed by atoms with Crippen LogP contribution in [0.5, 0.6) is 5.75 Å². The molecule has 0 radical (unpaired) electrons. The number of hydrogen-bond acceptors (Lipinski definition) is 6. The number of carbonyl (C=O) groups is 1. The topological polar surface area (TPSA) is 89.0 Å². The third kappa shape index (κ3) is 4.54. The first kappa shape index (κ1) is 17.3. The minimum Gasteiger partial charge on any atom is -0.496 e. The van der Waals surface area contributed by atoms with Gasteiger partial charge in [-0.1, -0.05) is 24.3 Å². The Balaban J connectivity index is 1.55. The van der Waals surface area contributed by atoms with Crippen molar-refractivity contribution in [3.05, 3.63) is 77.9 Å². The van der Waals surface area contributed by atoms with Crippen LogP contribution in [0, 0.1) is 0 Å². The Hall–Kier alpha value is -3.48. The summed E-state index contributed by atoms with van der Waals surface area (Å²) in [6.45, 7) is 0.928. The molecule has 0 atom stereocenters. The second-order valence-corrected chi connectivity index (χ2v) is 5.50. The van der Waals surface area contributed by atoms with Crippen LogP contribution in [-0.2, 0) is 13.1 Å². The van der Waals surface area contributed by atoms with Gasteiger partial charge in [-0.05, 0) is 17.7 Å². The molecular weight excluding hydrogens is 330 g/mol. The van der Waals surface area contributed by atoms with E-state index in [2.05, 4.69) is 25.6 Å². The SMILES string of the molecule is COc1ccccc1CNc1ncc(C(=O)NCc2cccnc2)cn1. The molecule has 2 aromatic heterocycles. The highest BCUT2D eigenvalue weighted by atomic mass is 16.5. The Kier molecular flexibility index (Phi) is 5.72. The molecule has 3 rings (SSSR count). The first-order valence-corrected chi connectivity index (χ1v) is 8.11. The normalized spacial score (nSPS) is 10.2. The van der Waals surface area contributed by atoms with Crippen molar-refractivity contribution in [2.24, 2.45) is 0 Å². The fourth-order valence-corrected chi connectivity index (χ4v) is 2.35. The van der Waals surface area contributed by atoms with Crippen molar-refractivity contribution in [3.63, 3.8) is 0 Å². The molecule has 0 aliphatic rings. The average molecular weight is 349 g/mol. The number of benzene rings is 1. The van der Waals surface area contributed by atoms with E-state index in [4.69, 9.17) is 4.74 Å². The van der Waals surface area contributed by atoms with Gasteiger partial charge >= 0.3 is 0 Å². The highest BCUT2D eigenvalue weighted by Crippen LogP contribution is 2.17. The predicted octanol–water partition coefficient (Wildman–Crippen LogP) is 2.42. The number of aromatic nitrogens is 3. The fourth-order valence-electron chi connectivity index (χ4n) is 2.35. The Labute approximate surface area is 151 Å². The number of ether oxygens (including phenoxy) is 1. The zero-order valence-corrected chi connectivity index (χ0v) is 14.3. The van der Waals surface area contributed by atoms with Gasteiger partial charge in [0, 0.05) is 43.4 Å². The second-order valence-electron chi connectivity index (χ2n) is 5.50. The molecule has 1 amide bonds. The number of amides is 1. The van der Waals surface area contributed by atoms with Crippen LogP contribution in [0.25, 0.3) is 0 Å². The maximum absolute atomic E-state index is 12.1. The number of anilines is 1. The summed E-state index contributed by atoms with van der Waals surface area (Å²) < 4.78 is 5.31. The maximum atomic E-state index is 12.1. The van der Waals surface area contributed by atoms with E-state index >= 15 is 0 Å². The summed E-state index contributed by atoms with van der Waals surface area (Å²) in [6, 6.07) is 11.4. The van der Waals surface area contributed by atoms with E-state index in [-0.39, 0.29) is 5.91 Å². The first-order chi connectivity index (χ1) is 12.8. The zero-order valence-electron chi connectivity index (χ0n) is 14.3. The quantitative estimate of drug-likeness (QED) is 0.681. The second kappa shape index (κ2) is 8.57. The van der Waals surface area contributed by atoms with Gasteiger partial charge in [0.25, 0.3) is 5.91 Å². The largest absolute Gasteiger partial charge is 0.496 e. The van der Waals surface area contributed by atoms with Gasteiger partial charge in [-0.2, -0.15) is 0 Å². The van der Waals surface area contributed by atoms with Gasteiger partial charge in [0.1, 0.15) is 5.75 Å². The first-order valence-electron chi connectivity index (χ1n) is 8.11. The van der Waals surface area contributed by atoms with Gasteiger partial charge in [-0.15, -0.1) is 0 Å². The number of nitrogens with one attached hydrogen (secondary N) is 2. The number of nitrogens with zero attached hydrogens (tertiary/aromatic N) is 3. The molecule has 0 aliphatic heterocycles. The van der Waals surface area contributed by atoms with Crippen molar-refractivity contribution in [2.75, 3.05) is 12.4 Å². The lowest BCUT2D eigenvalue weighted by atomic mass is 10.2. The number of hydrogen-bond donors (Lipinski definition) is 2. The molecule has 7 heteroatoms. The highest BCUT2D eigenvalue weighted by Gasteiger charge is 2.08. The van der Waals surface area contributed by atoms with Gasteiger partial charge in [0.15, 0.2) is 0 Å². The molecule has 1 aromatic carbocycles. The van der Waals surface area contributed by atoms with E-state index in [9.17, 15) is 4.79 Å². The monoisotopic (exact) mass is 349 g/mol. The molecule has 0 aliphatic carbocycles. The van der Waals surface area contributed by atoms with Crippen LogP contribution in [0.3, 0.4) is 0 Å². The van der Waals surface area contributed by atoms with Gasteiger partial charge in [0.05, 0.1) is 12.7 Å². The molecule has 7 nitrogen and oxygen atoms in total. The van der Waals surface area contributed by atoms with Gasteiger partial charge in [0.2, 0.25) is 5.95 Å². The third-order valence-corrected chi connectivity index (χ3v) is 3.72. The third-order valence-electron chi connectivity index (χ3n) is 3.72. The molecule has 0 saturated heterocycles. The number of rotatable bonds is 7. The molecule has 0 bridgehead atoms. The van der Waals surface area contributed by atoms with Crippen molar-refractivity contribution in [1.29, 1.82) is 0 Å². The average Bonchev–Trinajstić information content (AvgIpc) is 2.72.